The minimum absolute atomic E-state index is 0.154. The van der Waals surface area contributed by atoms with Crippen LogP contribution in [0.4, 0.5) is 0 Å². The van der Waals surface area contributed by atoms with Gasteiger partial charge < -0.3 is 10.6 Å². The van der Waals surface area contributed by atoms with Crippen molar-refractivity contribution in [2.45, 2.75) is 69.4 Å². The number of thioether (sulfide) groups is 1. The van der Waals surface area contributed by atoms with E-state index in [1.807, 2.05) is 18.7 Å². The van der Waals surface area contributed by atoms with E-state index in [-0.39, 0.29) is 4.75 Å². The van der Waals surface area contributed by atoms with Crippen LogP contribution in [0.3, 0.4) is 0 Å². The van der Waals surface area contributed by atoms with Crippen LogP contribution in [-0.4, -0.2) is 51.3 Å². The summed E-state index contributed by atoms with van der Waals surface area (Å²) in [6.07, 6.45) is 6.53. The van der Waals surface area contributed by atoms with E-state index in [1.54, 1.807) is 0 Å². The molecule has 0 aromatic rings. The molecule has 0 spiro atoms. The molecule has 0 amide bonds. The number of rotatable bonds is 7. The zero-order valence-corrected chi connectivity index (χ0v) is 16.4. The van der Waals surface area contributed by atoms with Crippen LogP contribution in [0, 0.1) is 0 Å². The third-order valence-electron chi connectivity index (χ3n) is 4.14. The average molecular weight is 348 g/mol. The van der Waals surface area contributed by atoms with Crippen molar-refractivity contribution in [3.63, 3.8) is 0 Å². The number of hydrogen-bond donors (Lipinski definition) is 2. The molecule has 0 saturated heterocycles. The van der Waals surface area contributed by atoms with Gasteiger partial charge in [0.1, 0.15) is 0 Å². The Morgan fingerprint density at radius 2 is 2.09 bits per heavy atom. The molecule has 1 fully saturated rings. The molecular formula is C16H33N3OS2. The maximum atomic E-state index is 12.1. The van der Waals surface area contributed by atoms with E-state index in [4.69, 9.17) is 4.99 Å². The Balaban J connectivity index is 2.62. The van der Waals surface area contributed by atoms with Gasteiger partial charge in [0.05, 0.1) is 6.54 Å². The Morgan fingerprint density at radius 1 is 1.36 bits per heavy atom. The molecule has 0 aromatic carbocycles. The topological polar surface area (TPSA) is 53.5 Å². The van der Waals surface area contributed by atoms with Gasteiger partial charge in [-0.2, -0.15) is 11.8 Å². The summed E-state index contributed by atoms with van der Waals surface area (Å²) >= 11 is 1.84. The molecule has 3 unspecified atom stereocenters. The van der Waals surface area contributed by atoms with E-state index in [2.05, 4.69) is 37.7 Å². The molecule has 2 N–H and O–H groups in total. The highest BCUT2D eigenvalue weighted by atomic mass is 32.2. The lowest BCUT2D eigenvalue weighted by atomic mass is 9.95. The first-order valence-electron chi connectivity index (χ1n) is 8.39. The Morgan fingerprint density at radius 3 is 2.68 bits per heavy atom. The SMILES string of the molecule is CCNC(=NCC(C)(C)SC)NC1CCCC(S(=O)CC)C1. The van der Waals surface area contributed by atoms with Crippen molar-refractivity contribution in [2.75, 3.05) is 25.1 Å². The fourth-order valence-electron chi connectivity index (χ4n) is 2.60. The first-order valence-corrected chi connectivity index (χ1v) is 11.0. The summed E-state index contributed by atoms with van der Waals surface area (Å²) in [6.45, 7) is 10.2. The Kier molecular flexibility index (Phi) is 8.83. The summed E-state index contributed by atoms with van der Waals surface area (Å²) in [5.41, 5.74) is 0. The second-order valence-electron chi connectivity index (χ2n) is 6.46. The summed E-state index contributed by atoms with van der Waals surface area (Å²) in [4.78, 5) is 4.74. The van der Waals surface area contributed by atoms with E-state index in [1.165, 1.54) is 0 Å². The molecular weight excluding hydrogens is 314 g/mol. The molecule has 1 aliphatic rings. The zero-order valence-electron chi connectivity index (χ0n) is 14.8. The largest absolute Gasteiger partial charge is 0.357 e. The standard InChI is InChI=1S/C16H33N3OS2/c1-6-17-15(18-12-16(3,4)21-5)19-13-9-8-10-14(11-13)22(20)7-2/h13-14H,6-12H2,1-5H3,(H2,17,18,19). The molecule has 0 bridgehead atoms. The second kappa shape index (κ2) is 9.81. The van der Waals surface area contributed by atoms with Gasteiger partial charge in [0, 0.05) is 39.1 Å². The summed E-state index contributed by atoms with van der Waals surface area (Å²) in [5, 5.41) is 7.24. The lowest BCUT2D eigenvalue weighted by molar-refractivity contribution is 0.413. The summed E-state index contributed by atoms with van der Waals surface area (Å²) in [6, 6.07) is 0.393. The molecule has 0 heterocycles. The lowest BCUT2D eigenvalue weighted by Crippen LogP contribution is -2.47. The molecule has 0 radical (unpaired) electrons. The predicted molar refractivity (Wildman–Crippen MR) is 101 cm³/mol. The van der Waals surface area contributed by atoms with Crippen LogP contribution in [0.2, 0.25) is 0 Å². The van der Waals surface area contributed by atoms with Gasteiger partial charge >= 0.3 is 0 Å². The average Bonchev–Trinajstić information content (AvgIpc) is 2.52. The number of hydrogen-bond acceptors (Lipinski definition) is 3. The van der Waals surface area contributed by atoms with Crippen LogP contribution in [0.15, 0.2) is 4.99 Å². The first kappa shape index (κ1) is 19.8. The molecule has 0 aliphatic heterocycles. The third kappa shape index (κ3) is 6.90. The van der Waals surface area contributed by atoms with Crippen molar-refractivity contribution in [1.29, 1.82) is 0 Å². The molecule has 1 rings (SSSR count). The molecule has 130 valence electrons. The number of aliphatic imine (C=N–C) groups is 1. The maximum absolute atomic E-state index is 12.1. The normalized spacial score (nSPS) is 24.9. The molecule has 3 atom stereocenters. The van der Waals surface area contributed by atoms with E-state index in [0.717, 1.165) is 50.5 Å². The van der Waals surface area contributed by atoms with Crippen LogP contribution >= 0.6 is 11.8 Å². The van der Waals surface area contributed by atoms with Gasteiger partial charge in [-0.05, 0) is 46.3 Å². The highest BCUT2D eigenvalue weighted by molar-refractivity contribution is 7.99. The molecule has 22 heavy (non-hydrogen) atoms. The van der Waals surface area contributed by atoms with Crippen molar-refractivity contribution in [3.8, 4) is 0 Å². The summed E-state index contributed by atoms with van der Waals surface area (Å²) in [7, 11) is -0.676. The van der Waals surface area contributed by atoms with Gasteiger partial charge in [0.25, 0.3) is 0 Å². The van der Waals surface area contributed by atoms with Crippen molar-refractivity contribution in [1.82, 2.24) is 10.6 Å². The smallest absolute Gasteiger partial charge is 0.191 e. The lowest BCUT2D eigenvalue weighted by Gasteiger charge is -2.30. The van der Waals surface area contributed by atoms with E-state index in [9.17, 15) is 4.21 Å². The van der Waals surface area contributed by atoms with Crippen molar-refractivity contribution >= 4 is 28.5 Å². The molecule has 4 nitrogen and oxygen atoms in total. The van der Waals surface area contributed by atoms with Gasteiger partial charge in [-0.3, -0.25) is 9.20 Å². The summed E-state index contributed by atoms with van der Waals surface area (Å²) in [5.74, 6) is 1.67. The van der Waals surface area contributed by atoms with Crippen LogP contribution in [0.5, 0.6) is 0 Å². The highest BCUT2D eigenvalue weighted by Gasteiger charge is 2.26. The fraction of sp³-hybridized carbons (Fsp3) is 0.938. The van der Waals surface area contributed by atoms with Crippen molar-refractivity contribution in [3.05, 3.63) is 0 Å². The quantitative estimate of drug-likeness (QED) is 0.549. The molecule has 1 saturated carbocycles. The number of nitrogens with one attached hydrogen (secondary N) is 2. The third-order valence-corrected chi connectivity index (χ3v) is 7.11. The summed E-state index contributed by atoms with van der Waals surface area (Å²) < 4.78 is 12.2. The van der Waals surface area contributed by atoms with E-state index >= 15 is 0 Å². The van der Waals surface area contributed by atoms with E-state index < -0.39 is 10.8 Å². The second-order valence-corrected chi connectivity index (χ2v) is 9.98. The maximum Gasteiger partial charge on any atom is 0.191 e. The minimum Gasteiger partial charge on any atom is -0.357 e. The van der Waals surface area contributed by atoms with Crippen LogP contribution in [-0.2, 0) is 10.8 Å². The highest BCUT2D eigenvalue weighted by Crippen LogP contribution is 2.23. The number of guanidine groups is 1. The first-order chi connectivity index (χ1) is 10.4. The van der Waals surface area contributed by atoms with Gasteiger partial charge in [0.2, 0.25) is 0 Å². The molecule has 1 aliphatic carbocycles. The fourth-order valence-corrected chi connectivity index (χ4v) is 4.14. The van der Waals surface area contributed by atoms with Crippen LogP contribution in [0.1, 0.15) is 53.4 Å². The van der Waals surface area contributed by atoms with E-state index in [0.29, 0.717) is 11.3 Å². The zero-order chi connectivity index (χ0) is 16.6. The van der Waals surface area contributed by atoms with Gasteiger partial charge in [0.15, 0.2) is 5.96 Å². The molecule has 6 heteroatoms. The van der Waals surface area contributed by atoms with Gasteiger partial charge in [-0.25, -0.2) is 0 Å². The minimum atomic E-state index is -0.676. The van der Waals surface area contributed by atoms with Crippen LogP contribution in [0.25, 0.3) is 0 Å². The van der Waals surface area contributed by atoms with Crippen molar-refractivity contribution in [2.24, 2.45) is 4.99 Å². The van der Waals surface area contributed by atoms with Gasteiger partial charge in [-0.1, -0.05) is 13.3 Å². The predicted octanol–water partition coefficient (Wildman–Crippen LogP) is 2.76. The molecule has 0 aromatic heterocycles. The Labute approximate surface area is 143 Å². The number of nitrogens with zero attached hydrogens (tertiary/aromatic N) is 1. The Hall–Kier alpha value is -0.230. The van der Waals surface area contributed by atoms with Gasteiger partial charge in [-0.15, -0.1) is 0 Å². The van der Waals surface area contributed by atoms with Crippen molar-refractivity contribution < 1.29 is 4.21 Å². The Bertz CT molecular complexity index is 386. The van der Waals surface area contributed by atoms with Crippen LogP contribution < -0.4 is 10.6 Å². The monoisotopic (exact) mass is 347 g/mol.